The van der Waals surface area contributed by atoms with Crippen LogP contribution in [0.25, 0.3) is 0 Å². The number of rotatable bonds is 1. The molecule has 1 saturated heterocycles. The van der Waals surface area contributed by atoms with E-state index in [1.54, 1.807) is 12.1 Å². The van der Waals surface area contributed by atoms with Gasteiger partial charge in [-0.3, -0.25) is 4.79 Å². The van der Waals surface area contributed by atoms with Crippen molar-refractivity contribution in [3.8, 4) is 0 Å². The van der Waals surface area contributed by atoms with Crippen LogP contribution in [-0.2, 0) is 14.9 Å². The minimum Gasteiger partial charge on any atom is -0.465 e. The zero-order chi connectivity index (χ0) is 9.76. The number of esters is 1. The van der Waals surface area contributed by atoms with Crippen LogP contribution >= 0.6 is 0 Å². The molecule has 2 nitrogen and oxygen atoms in total. The van der Waals surface area contributed by atoms with Gasteiger partial charge in [0.2, 0.25) is 0 Å². The summed E-state index contributed by atoms with van der Waals surface area (Å²) in [4.78, 5) is 11.5. The average Bonchev–Trinajstić information content (AvgIpc) is 2.84. The molecule has 0 unspecified atom stereocenters. The highest BCUT2D eigenvalue weighted by molar-refractivity contribution is 5.89. The van der Waals surface area contributed by atoms with Crippen molar-refractivity contribution in [2.75, 3.05) is 6.61 Å². The molecule has 0 N–H and O–H groups in total. The first-order valence-electron chi connectivity index (χ1n) is 4.67. The molecule has 14 heavy (non-hydrogen) atoms. The molecular weight excluding hydrogens is 183 g/mol. The first-order valence-corrected chi connectivity index (χ1v) is 4.67. The Morgan fingerprint density at radius 1 is 1.36 bits per heavy atom. The zero-order valence-corrected chi connectivity index (χ0v) is 7.50. The Bertz CT molecular complexity index is 398. The summed E-state index contributed by atoms with van der Waals surface area (Å²) in [6, 6.07) is 6.15. The number of ether oxygens (including phenoxy) is 1. The van der Waals surface area contributed by atoms with Crippen molar-refractivity contribution < 1.29 is 13.9 Å². The van der Waals surface area contributed by atoms with Crippen LogP contribution in [0.15, 0.2) is 24.3 Å². The maximum Gasteiger partial charge on any atom is 0.317 e. The van der Waals surface area contributed by atoms with E-state index in [0.29, 0.717) is 12.5 Å². The van der Waals surface area contributed by atoms with Gasteiger partial charge in [-0.2, -0.15) is 0 Å². The van der Waals surface area contributed by atoms with E-state index in [1.807, 2.05) is 0 Å². The molecule has 2 aliphatic rings. The van der Waals surface area contributed by atoms with Crippen LogP contribution in [-0.4, -0.2) is 12.6 Å². The number of fused-ring (bicyclic) bond motifs is 1. The zero-order valence-electron chi connectivity index (χ0n) is 7.50. The molecule has 1 aromatic rings. The summed E-state index contributed by atoms with van der Waals surface area (Å²) in [7, 11) is 0. The summed E-state index contributed by atoms with van der Waals surface area (Å²) in [5, 5.41) is 0. The van der Waals surface area contributed by atoms with Crippen molar-refractivity contribution in [2.24, 2.45) is 5.92 Å². The second-order valence-electron chi connectivity index (χ2n) is 3.98. The molecule has 0 radical (unpaired) electrons. The van der Waals surface area contributed by atoms with Gasteiger partial charge < -0.3 is 4.74 Å². The molecule has 1 saturated carbocycles. The van der Waals surface area contributed by atoms with Crippen molar-refractivity contribution in [1.82, 2.24) is 0 Å². The number of benzene rings is 1. The van der Waals surface area contributed by atoms with E-state index in [2.05, 4.69) is 0 Å². The largest absolute Gasteiger partial charge is 0.465 e. The van der Waals surface area contributed by atoms with Crippen LogP contribution < -0.4 is 0 Å². The maximum atomic E-state index is 12.7. The quantitative estimate of drug-likeness (QED) is 0.632. The number of cyclic esters (lactones) is 1. The van der Waals surface area contributed by atoms with Gasteiger partial charge >= 0.3 is 5.97 Å². The topological polar surface area (TPSA) is 26.3 Å². The Kier molecular flexibility index (Phi) is 1.34. The van der Waals surface area contributed by atoms with Crippen LogP contribution in [0, 0.1) is 11.7 Å². The summed E-state index contributed by atoms with van der Waals surface area (Å²) < 4.78 is 17.7. The Balaban J connectivity index is 2.04. The fourth-order valence-corrected chi connectivity index (χ4v) is 2.30. The van der Waals surface area contributed by atoms with Crippen LogP contribution in [0.5, 0.6) is 0 Å². The van der Waals surface area contributed by atoms with Crippen molar-refractivity contribution in [2.45, 2.75) is 11.8 Å². The third-order valence-corrected chi connectivity index (χ3v) is 3.24. The first-order chi connectivity index (χ1) is 6.73. The van der Waals surface area contributed by atoms with Crippen LogP contribution in [0.2, 0.25) is 0 Å². The third kappa shape index (κ3) is 0.820. The summed E-state index contributed by atoms with van der Waals surface area (Å²) >= 11 is 0. The molecule has 1 aliphatic heterocycles. The van der Waals surface area contributed by atoms with E-state index in [1.165, 1.54) is 12.1 Å². The summed E-state index contributed by atoms with van der Waals surface area (Å²) in [6.07, 6.45) is 0.859. The molecule has 2 atom stereocenters. The SMILES string of the molecule is O=C1OC[C@H]2C[C@]12c1ccc(F)cc1. The second-order valence-corrected chi connectivity index (χ2v) is 3.98. The summed E-state index contributed by atoms with van der Waals surface area (Å²) in [6.45, 7) is 0.524. The monoisotopic (exact) mass is 192 g/mol. The third-order valence-electron chi connectivity index (χ3n) is 3.24. The molecule has 3 heteroatoms. The number of carbonyl (C=O) groups excluding carboxylic acids is 1. The van der Waals surface area contributed by atoms with E-state index >= 15 is 0 Å². The minimum absolute atomic E-state index is 0.144. The van der Waals surface area contributed by atoms with Crippen LogP contribution in [0.1, 0.15) is 12.0 Å². The predicted octanol–water partition coefficient (Wildman–Crippen LogP) is 1.64. The molecule has 0 bridgehead atoms. The summed E-state index contributed by atoms with van der Waals surface area (Å²) in [5.74, 6) is -0.0942. The second kappa shape index (κ2) is 2.35. The maximum absolute atomic E-state index is 12.7. The average molecular weight is 192 g/mol. The van der Waals surface area contributed by atoms with E-state index in [-0.39, 0.29) is 11.8 Å². The molecule has 1 heterocycles. The number of hydrogen-bond donors (Lipinski definition) is 0. The van der Waals surface area contributed by atoms with E-state index in [0.717, 1.165) is 12.0 Å². The lowest BCUT2D eigenvalue weighted by Crippen LogP contribution is -2.18. The van der Waals surface area contributed by atoms with Crippen molar-refractivity contribution in [3.05, 3.63) is 35.6 Å². The molecular formula is C11H9FO2. The van der Waals surface area contributed by atoms with E-state index in [9.17, 15) is 9.18 Å². The molecule has 72 valence electrons. The lowest BCUT2D eigenvalue weighted by molar-refractivity contribution is -0.142. The van der Waals surface area contributed by atoms with Gasteiger partial charge in [0.15, 0.2) is 0 Å². The van der Waals surface area contributed by atoms with Crippen LogP contribution in [0.4, 0.5) is 4.39 Å². The van der Waals surface area contributed by atoms with Crippen molar-refractivity contribution in [1.29, 1.82) is 0 Å². The van der Waals surface area contributed by atoms with E-state index in [4.69, 9.17) is 4.74 Å². The van der Waals surface area contributed by atoms with Gasteiger partial charge in [-0.05, 0) is 24.1 Å². The Labute approximate surface area is 80.7 Å². The first kappa shape index (κ1) is 7.97. The van der Waals surface area contributed by atoms with E-state index < -0.39 is 5.41 Å². The molecule has 0 spiro atoms. The van der Waals surface area contributed by atoms with Gasteiger partial charge in [0.1, 0.15) is 5.82 Å². The molecule has 3 rings (SSSR count). The fraction of sp³-hybridized carbons (Fsp3) is 0.364. The highest BCUT2D eigenvalue weighted by Crippen LogP contribution is 2.58. The number of carbonyl (C=O) groups is 1. The lowest BCUT2D eigenvalue weighted by atomic mass is 9.95. The molecule has 1 aromatic carbocycles. The van der Waals surface area contributed by atoms with Crippen molar-refractivity contribution >= 4 is 5.97 Å². The number of hydrogen-bond acceptors (Lipinski definition) is 2. The lowest BCUT2D eigenvalue weighted by Gasteiger charge is -2.08. The van der Waals surface area contributed by atoms with Gasteiger partial charge in [-0.15, -0.1) is 0 Å². The number of halogens is 1. The predicted molar refractivity (Wildman–Crippen MR) is 47.1 cm³/mol. The highest BCUT2D eigenvalue weighted by Gasteiger charge is 2.66. The molecule has 1 aliphatic carbocycles. The Morgan fingerprint density at radius 3 is 2.57 bits per heavy atom. The van der Waals surface area contributed by atoms with Gasteiger partial charge in [0.05, 0.1) is 12.0 Å². The van der Waals surface area contributed by atoms with Gasteiger partial charge in [0.25, 0.3) is 0 Å². The molecule has 0 amide bonds. The van der Waals surface area contributed by atoms with Crippen LogP contribution in [0.3, 0.4) is 0 Å². The Hall–Kier alpha value is -1.38. The van der Waals surface area contributed by atoms with Gasteiger partial charge in [-0.1, -0.05) is 12.1 Å². The smallest absolute Gasteiger partial charge is 0.317 e. The summed E-state index contributed by atoms with van der Waals surface area (Å²) in [5.41, 5.74) is 0.472. The normalized spacial score (nSPS) is 33.8. The fourth-order valence-electron chi connectivity index (χ4n) is 2.30. The Morgan fingerprint density at radius 2 is 2.07 bits per heavy atom. The standard InChI is InChI=1S/C11H9FO2/c12-9-3-1-7(2-4-9)11-5-8(11)6-14-10(11)13/h1-4,8H,5-6H2/t8-,11-/m1/s1. The minimum atomic E-state index is -0.423. The molecule has 0 aromatic heterocycles. The van der Waals surface area contributed by atoms with Gasteiger partial charge in [0, 0.05) is 5.92 Å². The highest BCUT2D eigenvalue weighted by atomic mass is 19.1. The van der Waals surface area contributed by atoms with Crippen molar-refractivity contribution in [3.63, 3.8) is 0 Å². The van der Waals surface area contributed by atoms with Gasteiger partial charge in [-0.25, -0.2) is 4.39 Å². The molecule has 2 fully saturated rings.